The van der Waals surface area contributed by atoms with Gasteiger partial charge in [0.2, 0.25) is 0 Å². The minimum atomic E-state index is -0.0776. The summed E-state index contributed by atoms with van der Waals surface area (Å²) in [6.45, 7) is 2.86. The van der Waals surface area contributed by atoms with E-state index in [0.29, 0.717) is 23.0 Å². The normalized spacial score (nSPS) is 17.6. The monoisotopic (exact) mass is 318 g/mol. The van der Waals surface area contributed by atoms with Crippen molar-refractivity contribution in [2.45, 2.75) is 12.8 Å². The molecule has 22 heavy (non-hydrogen) atoms. The molecule has 1 saturated heterocycles. The van der Waals surface area contributed by atoms with E-state index in [-0.39, 0.29) is 5.91 Å². The molecule has 0 bridgehead atoms. The fourth-order valence-electron chi connectivity index (χ4n) is 2.63. The van der Waals surface area contributed by atoms with Gasteiger partial charge in [0.05, 0.1) is 17.4 Å². The number of halogens is 1. The van der Waals surface area contributed by atoms with Crippen molar-refractivity contribution in [2.75, 3.05) is 19.6 Å². The van der Waals surface area contributed by atoms with E-state index >= 15 is 0 Å². The highest BCUT2D eigenvalue weighted by Gasteiger charge is 2.15. The molecular formula is C16H19ClN4O. The number of hydrogen-bond acceptors (Lipinski definition) is 3. The molecule has 0 radical (unpaired) electrons. The van der Waals surface area contributed by atoms with Gasteiger partial charge in [-0.25, -0.2) is 4.68 Å². The van der Waals surface area contributed by atoms with Gasteiger partial charge in [-0.3, -0.25) is 4.79 Å². The van der Waals surface area contributed by atoms with Crippen LogP contribution in [0, 0.1) is 5.92 Å². The molecule has 5 nitrogen and oxygen atoms in total. The molecule has 1 fully saturated rings. The van der Waals surface area contributed by atoms with E-state index in [4.69, 9.17) is 11.6 Å². The van der Waals surface area contributed by atoms with E-state index < -0.39 is 0 Å². The van der Waals surface area contributed by atoms with E-state index in [1.54, 1.807) is 29.2 Å². The maximum atomic E-state index is 12.1. The molecule has 1 unspecified atom stereocenters. The molecule has 2 heterocycles. The highest BCUT2D eigenvalue weighted by molar-refractivity contribution is 6.30. The van der Waals surface area contributed by atoms with Crippen molar-refractivity contribution in [1.29, 1.82) is 0 Å². The van der Waals surface area contributed by atoms with Crippen molar-refractivity contribution in [1.82, 2.24) is 20.4 Å². The Kier molecular flexibility index (Phi) is 4.75. The first-order chi connectivity index (χ1) is 10.7. The fraction of sp³-hybridized carbons (Fsp3) is 0.375. The third kappa shape index (κ3) is 3.67. The lowest BCUT2D eigenvalue weighted by Gasteiger charge is -2.08. The standard InChI is InChI=1S/C16H19ClN4O/c17-14-1-3-15(4-2-14)21-11-13(10-20-21)16(22)19-8-6-12-5-7-18-9-12/h1-4,10-12,18H,5-9H2,(H,19,22). The number of carbonyl (C=O) groups is 1. The summed E-state index contributed by atoms with van der Waals surface area (Å²) >= 11 is 5.87. The molecule has 2 N–H and O–H groups in total. The highest BCUT2D eigenvalue weighted by Crippen LogP contribution is 2.14. The summed E-state index contributed by atoms with van der Waals surface area (Å²) in [5.41, 5.74) is 1.44. The van der Waals surface area contributed by atoms with Gasteiger partial charge in [-0.05, 0) is 56.1 Å². The average Bonchev–Trinajstić information content (AvgIpc) is 3.19. The molecule has 6 heteroatoms. The van der Waals surface area contributed by atoms with Crippen LogP contribution in [0.4, 0.5) is 0 Å². The van der Waals surface area contributed by atoms with Crippen molar-refractivity contribution in [3.63, 3.8) is 0 Å². The van der Waals surface area contributed by atoms with Crippen LogP contribution in [0.2, 0.25) is 5.02 Å². The lowest BCUT2D eigenvalue weighted by atomic mass is 10.1. The Morgan fingerprint density at radius 3 is 2.95 bits per heavy atom. The van der Waals surface area contributed by atoms with Crippen LogP contribution in [0.3, 0.4) is 0 Å². The maximum absolute atomic E-state index is 12.1. The van der Waals surface area contributed by atoms with E-state index in [2.05, 4.69) is 15.7 Å². The summed E-state index contributed by atoms with van der Waals surface area (Å²) in [4.78, 5) is 12.1. The van der Waals surface area contributed by atoms with Crippen LogP contribution < -0.4 is 10.6 Å². The number of rotatable bonds is 5. The topological polar surface area (TPSA) is 59.0 Å². The van der Waals surface area contributed by atoms with Crippen LogP contribution in [-0.4, -0.2) is 35.3 Å². The SMILES string of the molecule is O=C(NCCC1CCNC1)c1cnn(-c2ccc(Cl)cc2)c1. The molecule has 2 aromatic rings. The maximum Gasteiger partial charge on any atom is 0.254 e. The second-order valence-electron chi connectivity index (χ2n) is 5.55. The predicted molar refractivity (Wildman–Crippen MR) is 86.5 cm³/mol. The zero-order valence-corrected chi connectivity index (χ0v) is 13.0. The molecule has 1 aliphatic heterocycles. The average molecular weight is 319 g/mol. The summed E-state index contributed by atoms with van der Waals surface area (Å²) < 4.78 is 1.67. The van der Waals surface area contributed by atoms with Crippen LogP contribution in [0.25, 0.3) is 5.69 Å². The molecule has 1 atom stereocenters. The molecule has 0 saturated carbocycles. The second-order valence-corrected chi connectivity index (χ2v) is 5.99. The molecule has 1 aliphatic rings. The molecule has 0 aliphatic carbocycles. The van der Waals surface area contributed by atoms with E-state index in [9.17, 15) is 4.79 Å². The van der Waals surface area contributed by atoms with Crippen molar-refractivity contribution in [2.24, 2.45) is 5.92 Å². The van der Waals surface area contributed by atoms with Crippen molar-refractivity contribution < 1.29 is 4.79 Å². The highest BCUT2D eigenvalue weighted by atomic mass is 35.5. The first-order valence-electron chi connectivity index (χ1n) is 7.52. The van der Waals surface area contributed by atoms with Gasteiger partial charge in [-0.15, -0.1) is 0 Å². The summed E-state index contributed by atoms with van der Waals surface area (Å²) in [6, 6.07) is 7.33. The fourth-order valence-corrected chi connectivity index (χ4v) is 2.75. The number of nitrogens with one attached hydrogen (secondary N) is 2. The number of benzene rings is 1. The molecule has 1 aromatic carbocycles. The lowest BCUT2D eigenvalue weighted by Crippen LogP contribution is -2.26. The predicted octanol–water partition coefficient (Wildman–Crippen LogP) is 2.26. The first-order valence-corrected chi connectivity index (χ1v) is 7.90. The first kappa shape index (κ1) is 15.1. The largest absolute Gasteiger partial charge is 0.352 e. The van der Waals surface area contributed by atoms with E-state index in [1.807, 2.05) is 12.1 Å². The smallest absolute Gasteiger partial charge is 0.254 e. The molecule has 0 spiro atoms. The van der Waals surface area contributed by atoms with E-state index in [0.717, 1.165) is 25.2 Å². The summed E-state index contributed by atoms with van der Waals surface area (Å²) in [5.74, 6) is 0.600. The second kappa shape index (κ2) is 6.94. The van der Waals surface area contributed by atoms with Crippen molar-refractivity contribution >= 4 is 17.5 Å². The summed E-state index contributed by atoms with van der Waals surface area (Å²) in [7, 11) is 0. The zero-order chi connectivity index (χ0) is 15.4. The molecular weight excluding hydrogens is 300 g/mol. The lowest BCUT2D eigenvalue weighted by molar-refractivity contribution is 0.0951. The van der Waals surface area contributed by atoms with Crippen molar-refractivity contribution in [3.8, 4) is 5.69 Å². The Labute approximate surface area is 134 Å². The van der Waals surface area contributed by atoms with Gasteiger partial charge in [-0.1, -0.05) is 11.6 Å². The van der Waals surface area contributed by atoms with Crippen LogP contribution in [0.1, 0.15) is 23.2 Å². The van der Waals surface area contributed by atoms with E-state index in [1.165, 1.54) is 6.42 Å². The van der Waals surface area contributed by atoms with Gasteiger partial charge in [0.25, 0.3) is 5.91 Å². The molecule has 1 amide bonds. The van der Waals surface area contributed by atoms with Crippen LogP contribution >= 0.6 is 11.6 Å². The Hall–Kier alpha value is -1.85. The number of aromatic nitrogens is 2. The van der Waals surface area contributed by atoms with Gasteiger partial charge in [-0.2, -0.15) is 5.10 Å². The van der Waals surface area contributed by atoms with Gasteiger partial charge in [0.15, 0.2) is 0 Å². The Morgan fingerprint density at radius 1 is 1.41 bits per heavy atom. The number of hydrogen-bond donors (Lipinski definition) is 2. The third-order valence-corrected chi connectivity index (χ3v) is 4.19. The number of carbonyl (C=O) groups excluding carboxylic acids is 1. The van der Waals surface area contributed by atoms with Gasteiger partial charge >= 0.3 is 0 Å². The summed E-state index contributed by atoms with van der Waals surface area (Å²) in [6.07, 6.45) is 5.53. The quantitative estimate of drug-likeness (QED) is 0.889. The van der Waals surface area contributed by atoms with Gasteiger partial charge < -0.3 is 10.6 Å². The minimum absolute atomic E-state index is 0.0776. The van der Waals surface area contributed by atoms with Crippen LogP contribution in [0.5, 0.6) is 0 Å². The van der Waals surface area contributed by atoms with Gasteiger partial charge in [0.1, 0.15) is 0 Å². The molecule has 1 aromatic heterocycles. The van der Waals surface area contributed by atoms with Crippen LogP contribution in [-0.2, 0) is 0 Å². The Balaban J connectivity index is 1.55. The number of amides is 1. The summed E-state index contributed by atoms with van der Waals surface area (Å²) in [5, 5.41) is 11.2. The third-order valence-electron chi connectivity index (χ3n) is 3.94. The van der Waals surface area contributed by atoms with Crippen molar-refractivity contribution in [3.05, 3.63) is 47.2 Å². The van der Waals surface area contributed by atoms with Crippen LogP contribution in [0.15, 0.2) is 36.7 Å². The molecule has 3 rings (SSSR count). The Morgan fingerprint density at radius 2 is 2.23 bits per heavy atom. The molecule has 116 valence electrons. The Bertz CT molecular complexity index is 632. The minimum Gasteiger partial charge on any atom is -0.352 e. The zero-order valence-electron chi connectivity index (χ0n) is 12.3. The van der Waals surface area contributed by atoms with Gasteiger partial charge in [0, 0.05) is 17.8 Å². The number of nitrogens with zero attached hydrogens (tertiary/aromatic N) is 2.